The van der Waals surface area contributed by atoms with Crippen LogP contribution in [0.5, 0.6) is 0 Å². The Kier molecular flexibility index (Phi) is 3.54. The first-order valence-corrected chi connectivity index (χ1v) is 8.37. The van der Waals surface area contributed by atoms with Crippen molar-refractivity contribution in [1.29, 1.82) is 0 Å². The predicted octanol–water partition coefficient (Wildman–Crippen LogP) is 1.39. The van der Waals surface area contributed by atoms with Crippen molar-refractivity contribution in [2.75, 3.05) is 18.1 Å². The third-order valence-corrected chi connectivity index (χ3v) is 6.00. The van der Waals surface area contributed by atoms with E-state index in [-0.39, 0.29) is 21.4 Å². The molecule has 0 unspecified atom stereocenters. The van der Waals surface area contributed by atoms with Crippen molar-refractivity contribution in [3.05, 3.63) is 16.2 Å². The summed E-state index contributed by atoms with van der Waals surface area (Å²) in [6.07, 6.45) is 3.24. The summed E-state index contributed by atoms with van der Waals surface area (Å²) < 4.78 is 22.7. The molecule has 1 fully saturated rings. The predicted molar refractivity (Wildman–Crippen MR) is 71.4 cm³/mol. The van der Waals surface area contributed by atoms with Gasteiger partial charge < -0.3 is 10.4 Å². The molecule has 106 valence electrons. The van der Waals surface area contributed by atoms with Gasteiger partial charge in [-0.25, -0.2) is 8.42 Å². The average Bonchev–Trinajstić information content (AvgIpc) is 2.67. The van der Waals surface area contributed by atoms with E-state index in [2.05, 4.69) is 5.32 Å². The molecule has 1 aromatic rings. The molecular formula is C10H14N2O5S2. The maximum Gasteiger partial charge on any atom is 0.304 e. The van der Waals surface area contributed by atoms with Crippen LogP contribution in [-0.4, -0.2) is 36.8 Å². The van der Waals surface area contributed by atoms with Gasteiger partial charge in [-0.3, -0.25) is 10.1 Å². The lowest BCUT2D eigenvalue weighted by Crippen LogP contribution is -2.43. The minimum Gasteiger partial charge on any atom is -0.388 e. The molecule has 0 amide bonds. The van der Waals surface area contributed by atoms with E-state index < -0.39 is 20.4 Å². The molecule has 1 aromatic heterocycles. The van der Waals surface area contributed by atoms with Gasteiger partial charge in [0.1, 0.15) is 4.21 Å². The molecule has 0 aromatic carbocycles. The van der Waals surface area contributed by atoms with Crippen LogP contribution >= 0.6 is 11.3 Å². The molecule has 9 heteroatoms. The van der Waals surface area contributed by atoms with Crippen molar-refractivity contribution in [2.45, 2.75) is 29.1 Å². The van der Waals surface area contributed by atoms with Gasteiger partial charge in [0.15, 0.2) is 14.8 Å². The van der Waals surface area contributed by atoms with Gasteiger partial charge in [0.05, 0.1) is 10.5 Å². The van der Waals surface area contributed by atoms with E-state index in [0.717, 1.165) is 30.1 Å². The quantitative estimate of drug-likeness (QED) is 0.628. The van der Waals surface area contributed by atoms with Gasteiger partial charge in [0.2, 0.25) is 0 Å². The van der Waals surface area contributed by atoms with E-state index in [4.69, 9.17) is 0 Å². The zero-order valence-electron chi connectivity index (χ0n) is 10.2. The molecule has 1 aliphatic rings. The van der Waals surface area contributed by atoms with Crippen LogP contribution in [0.4, 0.5) is 10.7 Å². The second-order valence-corrected chi connectivity index (χ2v) is 8.04. The monoisotopic (exact) mass is 306 g/mol. The highest BCUT2D eigenvalue weighted by molar-refractivity contribution is 7.92. The maximum atomic E-state index is 11.4. The summed E-state index contributed by atoms with van der Waals surface area (Å²) in [5.74, 6) is 0. The molecule has 2 rings (SSSR count). The molecule has 0 atom stereocenters. The van der Waals surface area contributed by atoms with E-state index >= 15 is 0 Å². The Hall–Kier alpha value is -1.19. The number of hydrogen-bond donors (Lipinski definition) is 2. The first-order chi connectivity index (χ1) is 8.71. The third-order valence-electron chi connectivity index (χ3n) is 3.11. The van der Waals surface area contributed by atoms with Gasteiger partial charge in [-0.1, -0.05) is 11.3 Å². The van der Waals surface area contributed by atoms with Crippen LogP contribution in [-0.2, 0) is 9.84 Å². The van der Waals surface area contributed by atoms with Crippen molar-refractivity contribution in [3.8, 4) is 0 Å². The smallest absolute Gasteiger partial charge is 0.304 e. The second kappa shape index (κ2) is 4.73. The normalized spacial score (nSPS) is 17.8. The molecule has 0 aliphatic heterocycles. The van der Waals surface area contributed by atoms with Crippen LogP contribution in [0.3, 0.4) is 0 Å². The Morgan fingerprint density at radius 1 is 1.58 bits per heavy atom. The standard InChI is InChI=1S/C10H14N2O5S2/c1-19(16,17)8-5-7(12(14)15)9(18-8)11-6-10(13)3-2-4-10/h5,11,13H,2-4,6H2,1H3. The SMILES string of the molecule is CS(=O)(=O)c1cc([N+](=O)[O-])c(NCC2(O)CCC2)s1. The Bertz CT molecular complexity index is 603. The van der Waals surface area contributed by atoms with Gasteiger partial charge in [-0.15, -0.1) is 0 Å². The zero-order chi connectivity index (χ0) is 14.3. The van der Waals surface area contributed by atoms with E-state index in [1.165, 1.54) is 0 Å². The first-order valence-electron chi connectivity index (χ1n) is 5.66. The molecule has 0 spiro atoms. The molecule has 2 N–H and O–H groups in total. The number of nitro groups is 1. The Morgan fingerprint density at radius 2 is 2.21 bits per heavy atom. The average molecular weight is 306 g/mol. The topological polar surface area (TPSA) is 110 Å². The number of aliphatic hydroxyl groups is 1. The van der Waals surface area contributed by atoms with Gasteiger partial charge in [0, 0.05) is 18.9 Å². The molecule has 0 radical (unpaired) electrons. The van der Waals surface area contributed by atoms with Crippen molar-refractivity contribution in [2.24, 2.45) is 0 Å². The van der Waals surface area contributed by atoms with E-state index in [9.17, 15) is 23.6 Å². The van der Waals surface area contributed by atoms with Crippen LogP contribution in [0.15, 0.2) is 10.3 Å². The number of nitrogens with zero attached hydrogens (tertiary/aromatic N) is 1. The summed E-state index contributed by atoms with van der Waals surface area (Å²) in [4.78, 5) is 10.3. The number of hydrogen-bond acceptors (Lipinski definition) is 7. The number of thiophene rings is 1. The fraction of sp³-hybridized carbons (Fsp3) is 0.600. The number of nitrogens with one attached hydrogen (secondary N) is 1. The molecule has 1 heterocycles. The largest absolute Gasteiger partial charge is 0.388 e. The van der Waals surface area contributed by atoms with Crippen molar-refractivity contribution in [1.82, 2.24) is 0 Å². The van der Waals surface area contributed by atoms with Gasteiger partial charge in [0.25, 0.3) is 0 Å². The Labute approximate surface area is 114 Å². The van der Waals surface area contributed by atoms with Crippen LogP contribution in [0.2, 0.25) is 0 Å². The summed E-state index contributed by atoms with van der Waals surface area (Å²) in [7, 11) is -3.47. The number of sulfone groups is 1. The highest BCUT2D eigenvalue weighted by Crippen LogP contribution is 2.38. The molecule has 0 saturated heterocycles. The molecule has 7 nitrogen and oxygen atoms in total. The van der Waals surface area contributed by atoms with Crippen molar-refractivity contribution in [3.63, 3.8) is 0 Å². The number of rotatable bonds is 5. The Morgan fingerprint density at radius 3 is 2.63 bits per heavy atom. The molecule has 19 heavy (non-hydrogen) atoms. The molecule has 1 aliphatic carbocycles. The molecule has 0 bridgehead atoms. The van der Waals surface area contributed by atoms with Crippen LogP contribution in [0.1, 0.15) is 19.3 Å². The third kappa shape index (κ3) is 3.04. The molecule has 1 saturated carbocycles. The zero-order valence-corrected chi connectivity index (χ0v) is 11.9. The lowest BCUT2D eigenvalue weighted by Gasteiger charge is -2.36. The van der Waals surface area contributed by atoms with E-state index in [0.29, 0.717) is 12.8 Å². The summed E-state index contributed by atoms with van der Waals surface area (Å²) >= 11 is 0.818. The first kappa shape index (κ1) is 14.2. The minimum absolute atomic E-state index is 0.0534. The highest BCUT2D eigenvalue weighted by Gasteiger charge is 2.35. The summed E-state index contributed by atoms with van der Waals surface area (Å²) in [6.45, 7) is 0.192. The number of anilines is 1. The van der Waals surface area contributed by atoms with Crippen molar-refractivity contribution >= 4 is 31.9 Å². The highest BCUT2D eigenvalue weighted by atomic mass is 32.2. The second-order valence-electron chi connectivity index (χ2n) is 4.74. The molecular weight excluding hydrogens is 292 g/mol. The van der Waals surface area contributed by atoms with Gasteiger partial charge in [-0.2, -0.15) is 0 Å². The summed E-state index contributed by atoms with van der Waals surface area (Å²) in [5, 5.41) is 23.8. The lowest BCUT2D eigenvalue weighted by atomic mass is 9.80. The summed E-state index contributed by atoms with van der Waals surface area (Å²) in [5.41, 5.74) is -1.10. The van der Waals surface area contributed by atoms with Crippen molar-refractivity contribution < 1.29 is 18.4 Å². The van der Waals surface area contributed by atoms with E-state index in [1.807, 2.05) is 0 Å². The van der Waals surface area contributed by atoms with E-state index in [1.54, 1.807) is 0 Å². The lowest BCUT2D eigenvalue weighted by molar-refractivity contribution is -0.383. The fourth-order valence-electron chi connectivity index (χ4n) is 1.81. The van der Waals surface area contributed by atoms with Crippen LogP contribution in [0.25, 0.3) is 0 Å². The van der Waals surface area contributed by atoms with Gasteiger partial charge in [-0.05, 0) is 19.3 Å². The summed E-state index contributed by atoms with van der Waals surface area (Å²) in [6, 6.07) is 1.05. The maximum absolute atomic E-state index is 11.4. The fourth-order valence-corrected chi connectivity index (χ4v) is 3.75. The van der Waals surface area contributed by atoms with Crippen LogP contribution in [0, 0.1) is 10.1 Å². The minimum atomic E-state index is -3.47. The van der Waals surface area contributed by atoms with Crippen LogP contribution < -0.4 is 5.32 Å². The van der Waals surface area contributed by atoms with Gasteiger partial charge >= 0.3 is 5.69 Å². The Balaban J connectivity index is 2.23.